The van der Waals surface area contributed by atoms with Crippen molar-refractivity contribution in [3.63, 3.8) is 0 Å². The molecular formula is C20H24N4O. The van der Waals surface area contributed by atoms with Crippen molar-refractivity contribution in [1.82, 2.24) is 20.3 Å². The van der Waals surface area contributed by atoms with E-state index in [1.165, 1.54) is 11.1 Å². The second-order valence-electron chi connectivity index (χ2n) is 6.36. The molecule has 0 saturated carbocycles. The van der Waals surface area contributed by atoms with Gasteiger partial charge in [-0.15, -0.1) is 0 Å². The first-order valence-electron chi connectivity index (χ1n) is 8.55. The summed E-state index contributed by atoms with van der Waals surface area (Å²) in [7, 11) is 0. The van der Waals surface area contributed by atoms with E-state index in [9.17, 15) is 5.11 Å². The Labute approximate surface area is 148 Å². The summed E-state index contributed by atoms with van der Waals surface area (Å²) in [5.74, 6) is 0. The molecule has 0 amide bonds. The minimum atomic E-state index is -0.387. The van der Waals surface area contributed by atoms with Crippen molar-refractivity contribution in [2.75, 3.05) is 6.54 Å². The second-order valence-corrected chi connectivity index (χ2v) is 6.36. The molecule has 5 heteroatoms. The number of benzene rings is 2. The molecule has 2 N–H and O–H groups in total. The number of nitrogens with zero attached hydrogens (tertiary/aromatic N) is 3. The Morgan fingerprint density at radius 3 is 2.60 bits per heavy atom. The van der Waals surface area contributed by atoms with Crippen LogP contribution in [0, 0.1) is 6.92 Å². The molecular weight excluding hydrogens is 312 g/mol. The number of aliphatic hydroxyl groups excluding tert-OH is 1. The lowest BCUT2D eigenvalue weighted by molar-refractivity contribution is 0.191. The Hall–Kier alpha value is -2.50. The van der Waals surface area contributed by atoms with Crippen LogP contribution in [0.1, 0.15) is 23.7 Å². The summed E-state index contributed by atoms with van der Waals surface area (Å²) >= 11 is 0. The van der Waals surface area contributed by atoms with E-state index in [2.05, 4.69) is 41.6 Å². The topological polar surface area (TPSA) is 63.0 Å². The van der Waals surface area contributed by atoms with Crippen LogP contribution in [-0.4, -0.2) is 32.7 Å². The molecule has 1 heterocycles. The first-order chi connectivity index (χ1) is 12.1. The van der Waals surface area contributed by atoms with Gasteiger partial charge in [0.15, 0.2) is 0 Å². The number of hydrogen-bond acceptors (Lipinski definition) is 4. The maximum Gasteiger partial charge on any atom is 0.117 e. The standard InChI is InChI=1S/C20H24N4O/c1-15-7-6-8-17(11-15)14-24-22-19(13-21-12-16(2)25)20(23-24)18-9-4-3-5-10-18/h3-11,16,21,25H,12-14H2,1-2H3/t16-/m0/s1. The van der Waals surface area contributed by atoms with Crippen molar-refractivity contribution in [2.24, 2.45) is 0 Å². The highest BCUT2D eigenvalue weighted by molar-refractivity contribution is 5.60. The second kappa shape index (κ2) is 8.05. The molecule has 0 bridgehead atoms. The molecule has 0 aliphatic heterocycles. The molecule has 130 valence electrons. The number of rotatable bonds is 7. The van der Waals surface area contributed by atoms with E-state index in [0.29, 0.717) is 19.6 Å². The summed E-state index contributed by atoms with van der Waals surface area (Å²) in [5.41, 5.74) is 5.22. The number of aliphatic hydroxyl groups is 1. The maximum absolute atomic E-state index is 9.44. The van der Waals surface area contributed by atoms with Crippen molar-refractivity contribution in [3.8, 4) is 11.3 Å². The van der Waals surface area contributed by atoms with Gasteiger partial charge >= 0.3 is 0 Å². The zero-order valence-electron chi connectivity index (χ0n) is 14.7. The third-order valence-electron chi connectivity index (χ3n) is 3.91. The predicted molar refractivity (Wildman–Crippen MR) is 99.1 cm³/mol. The third kappa shape index (κ3) is 4.75. The van der Waals surface area contributed by atoms with Gasteiger partial charge in [-0.05, 0) is 19.4 Å². The van der Waals surface area contributed by atoms with Crippen LogP contribution in [0.15, 0.2) is 54.6 Å². The van der Waals surface area contributed by atoms with Crippen LogP contribution in [0.5, 0.6) is 0 Å². The van der Waals surface area contributed by atoms with Gasteiger partial charge < -0.3 is 10.4 Å². The highest BCUT2D eigenvalue weighted by Crippen LogP contribution is 2.20. The molecule has 1 atom stereocenters. The number of aryl methyl sites for hydroxylation is 1. The minimum absolute atomic E-state index is 0.387. The van der Waals surface area contributed by atoms with E-state index in [1.807, 2.05) is 30.3 Å². The summed E-state index contributed by atoms with van der Waals surface area (Å²) in [6.07, 6.45) is -0.387. The molecule has 25 heavy (non-hydrogen) atoms. The summed E-state index contributed by atoms with van der Waals surface area (Å²) in [4.78, 5) is 1.75. The average Bonchev–Trinajstić information content (AvgIpc) is 2.98. The van der Waals surface area contributed by atoms with E-state index < -0.39 is 0 Å². The largest absolute Gasteiger partial charge is 0.392 e. The van der Waals surface area contributed by atoms with Crippen molar-refractivity contribution in [1.29, 1.82) is 0 Å². The van der Waals surface area contributed by atoms with E-state index in [-0.39, 0.29) is 6.10 Å². The lowest BCUT2D eigenvalue weighted by Gasteiger charge is -2.05. The molecule has 2 aromatic carbocycles. The van der Waals surface area contributed by atoms with Gasteiger partial charge in [0.25, 0.3) is 0 Å². The normalized spacial score (nSPS) is 12.3. The minimum Gasteiger partial charge on any atom is -0.392 e. The SMILES string of the molecule is Cc1cccc(Cn2nc(CNC[C@H](C)O)c(-c3ccccc3)n2)c1. The summed E-state index contributed by atoms with van der Waals surface area (Å²) < 4.78 is 0. The molecule has 0 saturated heterocycles. The van der Waals surface area contributed by atoms with Gasteiger partial charge in [0.05, 0.1) is 12.6 Å². The fourth-order valence-corrected chi connectivity index (χ4v) is 2.77. The van der Waals surface area contributed by atoms with Gasteiger partial charge in [-0.3, -0.25) is 0 Å². The molecule has 0 aliphatic carbocycles. The van der Waals surface area contributed by atoms with Gasteiger partial charge in [-0.1, -0.05) is 60.2 Å². The highest BCUT2D eigenvalue weighted by atomic mass is 16.3. The Morgan fingerprint density at radius 1 is 1.08 bits per heavy atom. The van der Waals surface area contributed by atoms with Crippen LogP contribution < -0.4 is 5.32 Å². The van der Waals surface area contributed by atoms with Crippen LogP contribution in [0.4, 0.5) is 0 Å². The number of hydrogen-bond donors (Lipinski definition) is 2. The third-order valence-corrected chi connectivity index (χ3v) is 3.91. The number of nitrogens with one attached hydrogen (secondary N) is 1. The molecule has 5 nitrogen and oxygen atoms in total. The van der Waals surface area contributed by atoms with Crippen LogP contribution >= 0.6 is 0 Å². The lowest BCUT2D eigenvalue weighted by atomic mass is 10.1. The van der Waals surface area contributed by atoms with Crippen molar-refractivity contribution in [2.45, 2.75) is 33.0 Å². The van der Waals surface area contributed by atoms with Crippen molar-refractivity contribution >= 4 is 0 Å². The van der Waals surface area contributed by atoms with Crippen LogP contribution in [0.25, 0.3) is 11.3 Å². The van der Waals surface area contributed by atoms with Gasteiger partial charge in [0.2, 0.25) is 0 Å². The molecule has 0 fully saturated rings. The quantitative estimate of drug-likeness (QED) is 0.696. The Kier molecular flexibility index (Phi) is 5.58. The average molecular weight is 336 g/mol. The summed E-state index contributed by atoms with van der Waals surface area (Å²) in [6, 6.07) is 18.5. The van der Waals surface area contributed by atoms with Gasteiger partial charge in [-0.2, -0.15) is 15.0 Å². The van der Waals surface area contributed by atoms with E-state index >= 15 is 0 Å². The summed E-state index contributed by atoms with van der Waals surface area (Å²) in [6.45, 7) is 5.58. The van der Waals surface area contributed by atoms with Crippen LogP contribution in [0.3, 0.4) is 0 Å². The zero-order chi connectivity index (χ0) is 17.6. The first kappa shape index (κ1) is 17.3. The van der Waals surface area contributed by atoms with E-state index in [1.54, 1.807) is 11.7 Å². The smallest absolute Gasteiger partial charge is 0.117 e. The molecule has 3 rings (SSSR count). The maximum atomic E-state index is 9.44. The predicted octanol–water partition coefficient (Wildman–Crippen LogP) is 2.77. The van der Waals surface area contributed by atoms with Crippen molar-refractivity contribution < 1.29 is 5.11 Å². The highest BCUT2D eigenvalue weighted by Gasteiger charge is 2.13. The Morgan fingerprint density at radius 2 is 1.88 bits per heavy atom. The lowest BCUT2D eigenvalue weighted by Crippen LogP contribution is -2.24. The molecule has 0 radical (unpaired) electrons. The fraction of sp³-hybridized carbons (Fsp3) is 0.300. The van der Waals surface area contributed by atoms with Gasteiger partial charge in [0.1, 0.15) is 11.4 Å². The van der Waals surface area contributed by atoms with E-state index in [4.69, 9.17) is 5.10 Å². The molecule has 3 aromatic rings. The fourth-order valence-electron chi connectivity index (χ4n) is 2.77. The van der Waals surface area contributed by atoms with Crippen LogP contribution in [-0.2, 0) is 13.1 Å². The van der Waals surface area contributed by atoms with Crippen LogP contribution in [0.2, 0.25) is 0 Å². The summed E-state index contributed by atoms with van der Waals surface area (Å²) in [5, 5.41) is 22.0. The first-order valence-corrected chi connectivity index (χ1v) is 8.55. The van der Waals surface area contributed by atoms with Gasteiger partial charge in [-0.25, -0.2) is 0 Å². The molecule has 0 aliphatic rings. The number of aromatic nitrogens is 3. The zero-order valence-corrected chi connectivity index (χ0v) is 14.7. The molecule has 1 aromatic heterocycles. The Bertz CT molecular complexity index is 812. The Balaban J connectivity index is 1.85. The molecule has 0 spiro atoms. The van der Waals surface area contributed by atoms with Crippen molar-refractivity contribution in [3.05, 3.63) is 71.4 Å². The molecule has 0 unspecified atom stereocenters. The van der Waals surface area contributed by atoms with E-state index in [0.717, 1.165) is 17.0 Å². The monoisotopic (exact) mass is 336 g/mol. The van der Waals surface area contributed by atoms with Gasteiger partial charge in [0, 0.05) is 18.7 Å².